The van der Waals surface area contributed by atoms with Crippen LogP contribution in [-0.2, 0) is 0 Å². The Balaban J connectivity index is 2.44. The zero-order valence-electron chi connectivity index (χ0n) is 11.9. The van der Waals surface area contributed by atoms with Gasteiger partial charge in [0.2, 0.25) is 0 Å². The molecule has 1 rings (SSSR count). The van der Waals surface area contributed by atoms with E-state index in [2.05, 4.69) is 22.5 Å². The van der Waals surface area contributed by atoms with E-state index in [0.717, 1.165) is 30.3 Å². The van der Waals surface area contributed by atoms with E-state index in [9.17, 15) is 4.79 Å². The number of pyridine rings is 1. The second-order valence-corrected chi connectivity index (χ2v) is 5.72. The van der Waals surface area contributed by atoms with E-state index >= 15 is 0 Å². The minimum Gasteiger partial charge on any atom is -0.370 e. The second kappa shape index (κ2) is 8.80. The van der Waals surface area contributed by atoms with Crippen molar-refractivity contribution in [1.29, 1.82) is 0 Å². The van der Waals surface area contributed by atoms with Gasteiger partial charge in [-0.1, -0.05) is 6.92 Å². The summed E-state index contributed by atoms with van der Waals surface area (Å²) in [4.78, 5) is 16.2. The summed E-state index contributed by atoms with van der Waals surface area (Å²) < 4.78 is 0. The summed E-state index contributed by atoms with van der Waals surface area (Å²) in [6.45, 7) is 7.02. The summed E-state index contributed by atoms with van der Waals surface area (Å²) in [7, 11) is 0. The highest BCUT2D eigenvalue weighted by Crippen LogP contribution is 2.07. The van der Waals surface area contributed by atoms with Gasteiger partial charge in [-0.05, 0) is 43.9 Å². The number of amides is 1. The number of anilines is 1. The lowest BCUT2D eigenvalue weighted by atomic mass is 10.2. The van der Waals surface area contributed by atoms with Gasteiger partial charge in [0.05, 0.1) is 5.56 Å². The number of nitrogens with zero attached hydrogens (tertiary/aromatic N) is 1. The first-order valence-corrected chi connectivity index (χ1v) is 7.91. The van der Waals surface area contributed by atoms with E-state index in [1.807, 2.05) is 31.7 Å². The van der Waals surface area contributed by atoms with E-state index in [-0.39, 0.29) is 11.9 Å². The molecule has 0 bridgehead atoms. The Bertz CT molecular complexity index is 381. The number of aromatic nitrogens is 1. The molecule has 1 unspecified atom stereocenters. The smallest absolute Gasteiger partial charge is 0.253 e. The number of rotatable bonds is 8. The van der Waals surface area contributed by atoms with Gasteiger partial charge in [0.25, 0.3) is 5.91 Å². The molecule has 106 valence electrons. The van der Waals surface area contributed by atoms with Crippen molar-refractivity contribution in [3.05, 3.63) is 23.9 Å². The van der Waals surface area contributed by atoms with E-state index in [4.69, 9.17) is 0 Å². The quantitative estimate of drug-likeness (QED) is 0.719. The molecule has 0 aliphatic carbocycles. The van der Waals surface area contributed by atoms with Gasteiger partial charge in [-0.15, -0.1) is 0 Å². The third-order valence-electron chi connectivity index (χ3n) is 2.66. The average molecular weight is 281 g/mol. The minimum atomic E-state index is -0.0513. The van der Waals surface area contributed by atoms with Gasteiger partial charge >= 0.3 is 0 Å². The second-order valence-electron chi connectivity index (χ2n) is 4.32. The van der Waals surface area contributed by atoms with Crippen LogP contribution in [0.1, 0.15) is 37.6 Å². The first-order chi connectivity index (χ1) is 9.17. The van der Waals surface area contributed by atoms with Crippen LogP contribution in [0.25, 0.3) is 0 Å². The number of carbonyl (C=O) groups excluding carboxylic acids is 1. The Kier molecular flexibility index (Phi) is 7.33. The van der Waals surface area contributed by atoms with Crippen LogP contribution < -0.4 is 10.6 Å². The van der Waals surface area contributed by atoms with Crippen LogP contribution >= 0.6 is 11.8 Å². The zero-order valence-corrected chi connectivity index (χ0v) is 12.7. The topological polar surface area (TPSA) is 54.0 Å². The molecule has 4 nitrogen and oxygen atoms in total. The Hall–Kier alpha value is -1.23. The first kappa shape index (κ1) is 15.8. The summed E-state index contributed by atoms with van der Waals surface area (Å²) in [5, 5.41) is 6.10. The van der Waals surface area contributed by atoms with Crippen molar-refractivity contribution in [2.24, 2.45) is 0 Å². The lowest BCUT2D eigenvalue weighted by Crippen LogP contribution is -2.33. The highest BCUT2D eigenvalue weighted by atomic mass is 32.2. The maximum absolute atomic E-state index is 12.0. The maximum atomic E-state index is 12.0. The minimum absolute atomic E-state index is 0.0513. The SMILES string of the molecule is CCNc1ccc(C(=O)NC(C)CCSCC)cn1. The van der Waals surface area contributed by atoms with Crippen molar-refractivity contribution in [2.45, 2.75) is 33.2 Å². The van der Waals surface area contributed by atoms with Gasteiger partial charge in [-0.3, -0.25) is 4.79 Å². The largest absolute Gasteiger partial charge is 0.370 e. The molecule has 5 heteroatoms. The van der Waals surface area contributed by atoms with Gasteiger partial charge in [0.1, 0.15) is 5.82 Å². The molecule has 1 amide bonds. The zero-order chi connectivity index (χ0) is 14.1. The first-order valence-electron chi connectivity index (χ1n) is 6.75. The molecule has 0 radical (unpaired) electrons. The van der Waals surface area contributed by atoms with E-state index in [0.29, 0.717) is 5.56 Å². The Morgan fingerprint density at radius 1 is 1.42 bits per heavy atom. The third-order valence-corrected chi connectivity index (χ3v) is 3.59. The fourth-order valence-corrected chi connectivity index (χ4v) is 2.41. The molecule has 0 aliphatic rings. The van der Waals surface area contributed by atoms with Gasteiger partial charge in [0, 0.05) is 18.8 Å². The Labute approximate surface area is 119 Å². The summed E-state index contributed by atoms with van der Waals surface area (Å²) >= 11 is 1.89. The predicted octanol–water partition coefficient (Wildman–Crippen LogP) is 2.77. The molecule has 0 fully saturated rings. The van der Waals surface area contributed by atoms with Gasteiger partial charge < -0.3 is 10.6 Å². The summed E-state index contributed by atoms with van der Waals surface area (Å²) in [6.07, 6.45) is 2.61. The predicted molar refractivity (Wildman–Crippen MR) is 82.9 cm³/mol. The van der Waals surface area contributed by atoms with Crippen LogP contribution in [0.2, 0.25) is 0 Å². The highest BCUT2D eigenvalue weighted by molar-refractivity contribution is 7.99. The van der Waals surface area contributed by atoms with E-state index < -0.39 is 0 Å². The van der Waals surface area contributed by atoms with Gasteiger partial charge in [-0.2, -0.15) is 11.8 Å². The number of thioether (sulfide) groups is 1. The van der Waals surface area contributed by atoms with E-state index in [1.54, 1.807) is 12.3 Å². The van der Waals surface area contributed by atoms with Crippen LogP contribution in [0.3, 0.4) is 0 Å². The van der Waals surface area contributed by atoms with Crippen molar-refractivity contribution in [2.75, 3.05) is 23.4 Å². The molecule has 0 spiro atoms. The monoisotopic (exact) mass is 281 g/mol. The molecule has 1 aromatic heterocycles. The van der Waals surface area contributed by atoms with Crippen molar-refractivity contribution in [1.82, 2.24) is 10.3 Å². The fraction of sp³-hybridized carbons (Fsp3) is 0.571. The van der Waals surface area contributed by atoms with Crippen molar-refractivity contribution >= 4 is 23.5 Å². The molecule has 1 heterocycles. The van der Waals surface area contributed by atoms with Crippen molar-refractivity contribution in [3.8, 4) is 0 Å². The van der Waals surface area contributed by atoms with Crippen molar-refractivity contribution in [3.63, 3.8) is 0 Å². The van der Waals surface area contributed by atoms with Crippen LogP contribution in [0.4, 0.5) is 5.82 Å². The maximum Gasteiger partial charge on any atom is 0.253 e. The lowest BCUT2D eigenvalue weighted by Gasteiger charge is -2.13. The van der Waals surface area contributed by atoms with Crippen LogP contribution in [0, 0.1) is 0 Å². The van der Waals surface area contributed by atoms with Crippen LogP contribution in [0.15, 0.2) is 18.3 Å². The summed E-state index contributed by atoms with van der Waals surface area (Å²) in [5.74, 6) is 2.95. The van der Waals surface area contributed by atoms with Gasteiger partial charge in [-0.25, -0.2) is 4.98 Å². The molecule has 0 aromatic carbocycles. The molecular weight excluding hydrogens is 258 g/mol. The van der Waals surface area contributed by atoms with E-state index in [1.165, 1.54) is 0 Å². The molecule has 2 N–H and O–H groups in total. The number of carbonyl (C=O) groups is 1. The molecule has 1 atom stereocenters. The normalized spacial score (nSPS) is 11.9. The van der Waals surface area contributed by atoms with Gasteiger partial charge in [0.15, 0.2) is 0 Å². The number of hydrogen-bond donors (Lipinski definition) is 2. The highest BCUT2D eigenvalue weighted by Gasteiger charge is 2.09. The average Bonchev–Trinajstić information content (AvgIpc) is 2.40. The van der Waals surface area contributed by atoms with Crippen LogP contribution in [-0.4, -0.2) is 35.0 Å². The standard InChI is InChI=1S/C14H23N3OS/c1-4-15-13-7-6-12(10-16-13)14(18)17-11(3)8-9-19-5-2/h6-7,10-11H,4-5,8-9H2,1-3H3,(H,15,16)(H,17,18). The third kappa shape index (κ3) is 5.96. The molecule has 0 aliphatic heterocycles. The summed E-state index contributed by atoms with van der Waals surface area (Å²) in [6, 6.07) is 3.82. The van der Waals surface area contributed by atoms with Crippen molar-refractivity contribution < 1.29 is 4.79 Å². The molecular formula is C14H23N3OS. The van der Waals surface area contributed by atoms with Crippen LogP contribution in [0.5, 0.6) is 0 Å². The number of nitrogens with one attached hydrogen (secondary N) is 2. The fourth-order valence-electron chi connectivity index (χ4n) is 1.60. The number of hydrogen-bond acceptors (Lipinski definition) is 4. The molecule has 1 aromatic rings. The Morgan fingerprint density at radius 3 is 2.79 bits per heavy atom. The molecule has 0 saturated heterocycles. The molecule has 19 heavy (non-hydrogen) atoms. The molecule has 0 saturated carbocycles. The lowest BCUT2D eigenvalue weighted by molar-refractivity contribution is 0.0939. The summed E-state index contributed by atoms with van der Waals surface area (Å²) in [5.41, 5.74) is 0.608. The Morgan fingerprint density at radius 2 is 2.21 bits per heavy atom.